The molecule has 3 heteroatoms. The molecule has 0 unspecified atom stereocenters. The number of aromatic nitrogens is 2. The minimum absolute atomic E-state index is 1.01. The molecule has 0 aromatic carbocycles. The maximum absolute atomic E-state index is 5.23. The van der Waals surface area contributed by atoms with Crippen molar-refractivity contribution in [2.24, 2.45) is 0 Å². The van der Waals surface area contributed by atoms with E-state index in [1.165, 1.54) is 62.0 Å². The third kappa shape index (κ3) is 6.07. The van der Waals surface area contributed by atoms with E-state index in [1.54, 1.807) is 0 Å². The predicted octanol–water partition coefficient (Wildman–Crippen LogP) is 6.59. The van der Waals surface area contributed by atoms with Crippen LogP contribution in [0.5, 0.6) is 0 Å². The number of hydrogen-bond donors (Lipinski definition) is 0. The van der Waals surface area contributed by atoms with Crippen LogP contribution in [0.3, 0.4) is 0 Å². The van der Waals surface area contributed by atoms with Crippen LogP contribution in [-0.2, 0) is 0 Å². The van der Waals surface area contributed by atoms with Crippen molar-refractivity contribution in [2.75, 3.05) is 0 Å². The Labute approximate surface area is 164 Å². The second-order valence-corrected chi connectivity index (χ2v) is 20.6. The van der Waals surface area contributed by atoms with Crippen LogP contribution in [0.2, 0.25) is 13.3 Å². The first-order valence-corrected chi connectivity index (χ1v) is 18.1. The number of rotatable bonds is 12. The van der Waals surface area contributed by atoms with E-state index in [9.17, 15) is 0 Å². The molecule has 0 radical (unpaired) electrons. The van der Waals surface area contributed by atoms with Gasteiger partial charge in [0, 0.05) is 0 Å². The van der Waals surface area contributed by atoms with Gasteiger partial charge in [-0.2, -0.15) is 0 Å². The van der Waals surface area contributed by atoms with E-state index in [1.807, 2.05) is 12.3 Å². The van der Waals surface area contributed by atoms with Crippen LogP contribution in [0.1, 0.15) is 65.7 Å². The Morgan fingerprint density at radius 2 is 1.35 bits per heavy atom. The third-order valence-corrected chi connectivity index (χ3v) is 20.6. The number of pyridine rings is 2. The van der Waals surface area contributed by atoms with Crippen molar-refractivity contribution >= 4 is 22.1 Å². The van der Waals surface area contributed by atoms with Gasteiger partial charge in [0.15, 0.2) is 0 Å². The van der Waals surface area contributed by atoms with E-state index >= 15 is 0 Å². The molecule has 26 heavy (non-hydrogen) atoms. The Morgan fingerprint density at radius 3 is 1.96 bits per heavy atom. The van der Waals surface area contributed by atoms with Crippen molar-refractivity contribution in [1.82, 2.24) is 9.97 Å². The fourth-order valence-corrected chi connectivity index (χ4v) is 19.1. The normalized spacial score (nSPS) is 11.7. The van der Waals surface area contributed by atoms with Crippen molar-refractivity contribution in [2.45, 2.75) is 79.0 Å². The van der Waals surface area contributed by atoms with Gasteiger partial charge in [-0.1, -0.05) is 0 Å². The van der Waals surface area contributed by atoms with Crippen LogP contribution in [-0.4, -0.2) is 28.3 Å². The van der Waals surface area contributed by atoms with Gasteiger partial charge in [0.25, 0.3) is 0 Å². The van der Waals surface area contributed by atoms with Gasteiger partial charge in [-0.25, -0.2) is 0 Å². The molecule has 2 aromatic heterocycles. The third-order valence-electron chi connectivity index (χ3n) is 5.50. The van der Waals surface area contributed by atoms with Gasteiger partial charge in [0.1, 0.15) is 0 Å². The molecular weight excluding hydrogens is 423 g/mol. The van der Waals surface area contributed by atoms with Gasteiger partial charge < -0.3 is 0 Å². The average Bonchev–Trinajstić information content (AvgIpc) is 2.71. The summed E-state index contributed by atoms with van der Waals surface area (Å²) < 4.78 is 5.91. The SMILES string of the molecule is CCCC[CH2][Sn]([CH2]CCC)([CH2]CCC)[c]1cccc(-c2ccccn2)n1. The van der Waals surface area contributed by atoms with E-state index in [0.29, 0.717) is 0 Å². The Bertz CT molecular complexity index is 619. The zero-order chi connectivity index (χ0) is 18.7. The number of unbranched alkanes of at least 4 members (excludes halogenated alkanes) is 4. The maximum atomic E-state index is 5.23. The summed E-state index contributed by atoms with van der Waals surface area (Å²) in [6.45, 7) is 6.98. The second-order valence-electron chi connectivity index (χ2n) is 7.57. The molecule has 0 N–H and O–H groups in total. The van der Waals surface area contributed by atoms with Crippen molar-refractivity contribution < 1.29 is 0 Å². The van der Waals surface area contributed by atoms with Crippen molar-refractivity contribution in [3.63, 3.8) is 0 Å². The van der Waals surface area contributed by atoms with Crippen molar-refractivity contribution in [3.8, 4) is 11.4 Å². The van der Waals surface area contributed by atoms with Gasteiger partial charge in [-0.15, -0.1) is 0 Å². The summed E-state index contributed by atoms with van der Waals surface area (Å²) in [7, 11) is 0. The van der Waals surface area contributed by atoms with Crippen molar-refractivity contribution in [3.05, 3.63) is 42.6 Å². The summed E-state index contributed by atoms with van der Waals surface area (Å²) in [6.07, 6.45) is 11.3. The van der Waals surface area contributed by atoms with Gasteiger partial charge in [-0.3, -0.25) is 0 Å². The molecule has 0 amide bonds. The molecule has 0 spiro atoms. The quantitative estimate of drug-likeness (QED) is 0.264. The van der Waals surface area contributed by atoms with Gasteiger partial charge in [0.2, 0.25) is 0 Å². The molecular formula is C23H36N2Sn. The standard InChI is InChI=1S/C10H7N2.C5H11.2C4H9.Sn/c1-3-7-11-9(5-1)10-6-2-4-8-12-10;1-3-5-4-2;2*1-3-4-2;/h1-7H;1,3-5H2,2H3;2*1,3-4H2,2H3;. The summed E-state index contributed by atoms with van der Waals surface area (Å²) in [5.74, 6) is 0. The summed E-state index contributed by atoms with van der Waals surface area (Å²) in [4.78, 5) is 9.76. The first-order valence-electron chi connectivity index (χ1n) is 10.6. The van der Waals surface area contributed by atoms with E-state index < -0.39 is 18.4 Å². The zero-order valence-electron chi connectivity index (χ0n) is 17.0. The molecule has 0 fully saturated rings. The Kier molecular flexibility index (Phi) is 9.66. The van der Waals surface area contributed by atoms with Gasteiger partial charge in [-0.05, 0) is 0 Å². The van der Waals surface area contributed by atoms with Crippen LogP contribution in [0, 0.1) is 0 Å². The second kappa shape index (κ2) is 11.7. The molecule has 2 nitrogen and oxygen atoms in total. The molecule has 0 aliphatic heterocycles. The van der Waals surface area contributed by atoms with Crippen LogP contribution in [0.25, 0.3) is 11.4 Å². The molecule has 2 rings (SSSR count). The monoisotopic (exact) mass is 460 g/mol. The van der Waals surface area contributed by atoms with E-state index in [2.05, 4.69) is 56.1 Å². The average molecular weight is 459 g/mol. The Hall–Kier alpha value is -0.901. The summed E-state index contributed by atoms with van der Waals surface area (Å²) in [6, 6.07) is 12.8. The van der Waals surface area contributed by atoms with Gasteiger partial charge >= 0.3 is 165 Å². The van der Waals surface area contributed by atoms with E-state index in [-0.39, 0.29) is 0 Å². The number of nitrogens with zero attached hydrogens (tertiary/aromatic N) is 2. The van der Waals surface area contributed by atoms with Crippen LogP contribution in [0.15, 0.2) is 42.6 Å². The molecule has 0 atom stereocenters. The topological polar surface area (TPSA) is 25.8 Å². The Morgan fingerprint density at radius 1 is 0.692 bits per heavy atom. The molecule has 0 bridgehead atoms. The van der Waals surface area contributed by atoms with Crippen LogP contribution in [0.4, 0.5) is 0 Å². The summed E-state index contributed by atoms with van der Waals surface area (Å²) >= 11 is -2.47. The fourth-order valence-electron chi connectivity index (χ4n) is 3.89. The first-order chi connectivity index (χ1) is 12.8. The first kappa shape index (κ1) is 21.4. The van der Waals surface area contributed by atoms with Crippen molar-refractivity contribution in [1.29, 1.82) is 0 Å². The van der Waals surface area contributed by atoms with Gasteiger partial charge in [0.05, 0.1) is 0 Å². The molecule has 2 heterocycles. The minimum atomic E-state index is -2.47. The van der Waals surface area contributed by atoms with E-state index in [0.717, 1.165) is 11.4 Å². The molecule has 0 aliphatic carbocycles. The van der Waals surface area contributed by atoms with E-state index in [4.69, 9.17) is 4.98 Å². The number of hydrogen-bond acceptors (Lipinski definition) is 2. The van der Waals surface area contributed by atoms with Crippen LogP contribution < -0.4 is 3.71 Å². The van der Waals surface area contributed by atoms with Crippen LogP contribution >= 0.6 is 0 Å². The summed E-state index contributed by atoms with van der Waals surface area (Å²) in [5, 5.41) is 0. The molecule has 0 saturated heterocycles. The summed E-state index contributed by atoms with van der Waals surface area (Å²) in [5.41, 5.74) is 2.07. The fraction of sp³-hybridized carbons (Fsp3) is 0.565. The molecule has 0 aliphatic rings. The Balaban J connectivity index is 2.38. The predicted molar refractivity (Wildman–Crippen MR) is 117 cm³/mol. The molecule has 2 aromatic rings. The molecule has 142 valence electrons. The molecule has 0 saturated carbocycles. The zero-order valence-corrected chi connectivity index (χ0v) is 19.9.